The van der Waals surface area contributed by atoms with Gasteiger partial charge in [-0.25, -0.2) is 0 Å². The standard InChI is InChI=1S/C11H22N2/c1-5-11(6-2)13(10(3)4)9-7-8-12/h10-11H,5-7,9H2,1-4H3. The molecule has 0 aliphatic carbocycles. The van der Waals surface area contributed by atoms with E-state index in [0.29, 0.717) is 18.5 Å². The molecule has 0 aromatic carbocycles. The van der Waals surface area contributed by atoms with Gasteiger partial charge in [0.1, 0.15) is 0 Å². The summed E-state index contributed by atoms with van der Waals surface area (Å²) in [6, 6.07) is 3.41. The predicted octanol–water partition coefficient (Wildman–Crippen LogP) is 2.80. The molecule has 2 heteroatoms. The molecule has 0 fully saturated rings. The van der Waals surface area contributed by atoms with Crippen molar-refractivity contribution in [2.45, 2.75) is 59.0 Å². The van der Waals surface area contributed by atoms with E-state index in [1.165, 1.54) is 12.8 Å². The Kier molecular flexibility index (Phi) is 6.62. The highest BCUT2D eigenvalue weighted by Gasteiger charge is 2.16. The van der Waals surface area contributed by atoms with Crippen molar-refractivity contribution in [1.82, 2.24) is 4.90 Å². The summed E-state index contributed by atoms with van der Waals surface area (Å²) in [5, 5.41) is 8.55. The van der Waals surface area contributed by atoms with Crippen LogP contribution in [0.5, 0.6) is 0 Å². The summed E-state index contributed by atoms with van der Waals surface area (Å²) >= 11 is 0. The average Bonchev–Trinajstić information content (AvgIpc) is 2.11. The molecule has 76 valence electrons. The number of hydrogen-bond acceptors (Lipinski definition) is 2. The number of rotatable bonds is 6. The zero-order chi connectivity index (χ0) is 10.3. The van der Waals surface area contributed by atoms with Gasteiger partial charge in [0, 0.05) is 25.0 Å². The van der Waals surface area contributed by atoms with Gasteiger partial charge in [0.05, 0.1) is 6.07 Å². The average molecular weight is 182 g/mol. The van der Waals surface area contributed by atoms with E-state index in [0.717, 1.165) is 6.54 Å². The minimum Gasteiger partial charge on any atom is -0.297 e. The van der Waals surface area contributed by atoms with Crippen LogP contribution in [0.4, 0.5) is 0 Å². The fraction of sp³-hybridized carbons (Fsp3) is 0.909. The van der Waals surface area contributed by atoms with Crippen molar-refractivity contribution < 1.29 is 0 Å². The molecule has 0 aliphatic rings. The quantitative estimate of drug-likeness (QED) is 0.631. The Morgan fingerprint density at radius 2 is 1.77 bits per heavy atom. The third-order valence-electron chi connectivity index (χ3n) is 2.56. The van der Waals surface area contributed by atoms with Crippen LogP contribution in [0.15, 0.2) is 0 Å². The van der Waals surface area contributed by atoms with E-state index in [2.05, 4.69) is 38.7 Å². The fourth-order valence-electron chi connectivity index (χ4n) is 1.80. The maximum Gasteiger partial charge on any atom is 0.0635 e. The maximum absolute atomic E-state index is 8.55. The molecule has 0 aromatic rings. The first-order valence-corrected chi connectivity index (χ1v) is 5.30. The summed E-state index contributed by atoms with van der Waals surface area (Å²) in [5.41, 5.74) is 0. The summed E-state index contributed by atoms with van der Waals surface area (Å²) in [7, 11) is 0. The molecule has 0 heterocycles. The van der Waals surface area contributed by atoms with Gasteiger partial charge < -0.3 is 0 Å². The van der Waals surface area contributed by atoms with E-state index in [1.807, 2.05) is 0 Å². The first-order chi connectivity index (χ1) is 6.17. The second kappa shape index (κ2) is 6.91. The van der Waals surface area contributed by atoms with E-state index in [4.69, 9.17) is 5.26 Å². The Balaban J connectivity index is 4.14. The highest BCUT2D eigenvalue weighted by atomic mass is 15.2. The Bertz CT molecular complexity index is 154. The first-order valence-electron chi connectivity index (χ1n) is 5.30. The van der Waals surface area contributed by atoms with Crippen molar-refractivity contribution in [3.63, 3.8) is 0 Å². The Hall–Kier alpha value is -0.550. The molecule has 0 spiro atoms. The van der Waals surface area contributed by atoms with Crippen LogP contribution in [-0.4, -0.2) is 23.5 Å². The monoisotopic (exact) mass is 182 g/mol. The first kappa shape index (κ1) is 12.4. The molecule has 0 radical (unpaired) electrons. The van der Waals surface area contributed by atoms with E-state index in [9.17, 15) is 0 Å². The van der Waals surface area contributed by atoms with Gasteiger partial charge in [-0.15, -0.1) is 0 Å². The van der Waals surface area contributed by atoms with Crippen molar-refractivity contribution in [3.8, 4) is 6.07 Å². The molecule has 0 rings (SSSR count). The number of nitriles is 1. The molecule has 0 amide bonds. The van der Waals surface area contributed by atoms with Gasteiger partial charge in [-0.2, -0.15) is 5.26 Å². The molecule has 0 saturated heterocycles. The van der Waals surface area contributed by atoms with Crippen LogP contribution in [-0.2, 0) is 0 Å². The highest BCUT2D eigenvalue weighted by molar-refractivity contribution is 4.78. The van der Waals surface area contributed by atoms with Crippen LogP contribution < -0.4 is 0 Å². The number of nitrogens with zero attached hydrogens (tertiary/aromatic N) is 2. The second-order valence-corrected chi connectivity index (χ2v) is 3.71. The van der Waals surface area contributed by atoms with E-state index in [1.54, 1.807) is 0 Å². The summed E-state index contributed by atoms with van der Waals surface area (Å²) in [6.45, 7) is 9.76. The van der Waals surface area contributed by atoms with Gasteiger partial charge in [0.2, 0.25) is 0 Å². The molecule has 0 bridgehead atoms. The minimum absolute atomic E-state index is 0.554. The summed E-state index contributed by atoms with van der Waals surface area (Å²) in [5.74, 6) is 0. The maximum atomic E-state index is 8.55. The van der Waals surface area contributed by atoms with Crippen molar-refractivity contribution in [2.24, 2.45) is 0 Å². The minimum atomic E-state index is 0.554. The molecule has 0 saturated carbocycles. The lowest BCUT2D eigenvalue weighted by Crippen LogP contribution is -2.40. The third kappa shape index (κ3) is 4.28. The van der Waals surface area contributed by atoms with Gasteiger partial charge in [-0.05, 0) is 26.7 Å². The van der Waals surface area contributed by atoms with Gasteiger partial charge in [-0.3, -0.25) is 4.90 Å². The molecule has 0 atom stereocenters. The summed E-state index contributed by atoms with van der Waals surface area (Å²) in [4.78, 5) is 2.43. The molecule has 0 aromatic heterocycles. The molecule has 0 N–H and O–H groups in total. The fourth-order valence-corrected chi connectivity index (χ4v) is 1.80. The summed E-state index contributed by atoms with van der Waals surface area (Å²) in [6.07, 6.45) is 3.01. The lowest BCUT2D eigenvalue weighted by atomic mass is 10.1. The Labute approximate surface area is 82.5 Å². The molecule has 2 nitrogen and oxygen atoms in total. The van der Waals surface area contributed by atoms with Crippen LogP contribution >= 0.6 is 0 Å². The van der Waals surface area contributed by atoms with Gasteiger partial charge in [0.25, 0.3) is 0 Å². The van der Waals surface area contributed by atoms with E-state index in [-0.39, 0.29) is 0 Å². The molecule has 0 unspecified atom stereocenters. The topological polar surface area (TPSA) is 27.0 Å². The van der Waals surface area contributed by atoms with Crippen molar-refractivity contribution in [2.75, 3.05) is 6.54 Å². The summed E-state index contributed by atoms with van der Waals surface area (Å²) < 4.78 is 0. The molecule has 0 aliphatic heterocycles. The Morgan fingerprint density at radius 1 is 1.23 bits per heavy atom. The van der Waals surface area contributed by atoms with Crippen LogP contribution in [0.25, 0.3) is 0 Å². The molecule has 13 heavy (non-hydrogen) atoms. The van der Waals surface area contributed by atoms with Crippen LogP contribution in [0.3, 0.4) is 0 Å². The lowest BCUT2D eigenvalue weighted by Gasteiger charge is -2.33. The number of hydrogen-bond donors (Lipinski definition) is 0. The predicted molar refractivity (Wildman–Crippen MR) is 56.4 cm³/mol. The van der Waals surface area contributed by atoms with Crippen LogP contribution in [0, 0.1) is 11.3 Å². The Morgan fingerprint density at radius 3 is 2.08 bits per heavy atom. The molecular formula is C11H22N2. The van der Waals surface area contributed by atoms with E-state index < -0.39 is 0 Å². The van der Waals surface area contributed by atoms with Gasteiger partial charge in [-0.1, -0.05) is 13.8 Å². The second-order valence-electron chi connectivity index (χ2n) is 3.71. The zero-order valence-corrected chi connectivity index (χ0v) is 9.38. The molecular weight excluding hydrogens is 160 g/mol. The van der Waals surface area contributed by atoms with Crippen LogP contribution in [0.1, 0.15) is 47.0 Å². The van der Waals surface area contributed by atoms with Crippen molar-refractivity contribution >= 4 is 0 Å². The van der Waals surface area contributed by atoms with Crippen molar-refractivity contribution in [3.05, 3.63) is 0 Å². The smallest absolute Gasteiger partial charge is 0.0635 e. The van der Waals surface area contributed by atoms with Gasteiger partial charge >= 0.3 is 0 Å². The van der Waals surface area contributed by atoms with Crippen molar-refractivity contribution in [1.29, 1.82) is 5.26 Å². The zero-order valence-electron chi connectivity index (χ0n) is 9.38. The SMILES string of the molecule is CCC(CC)N(CCC#N)C(C)C. The largest absolute Gasteiger partial charge is 0.297 e. The van der Waals surface area contributed by atoms with Crippen LogP contribution in [0.2, 0.25) is 0 Å². The third-order valence-corrected chi connectivity index (χ3v) is 2.56. The highest BCUT2D eigenvalue weighted by Crippen LogP contribution is 2.12. The normalized spacial score (nSPS) is 11.2. The van der Waals surface area contributed by atoms with Gasteiger partial charge in [0.15, 0.2) is 0 Å². The van der Waals surface area contributed by atoms with E-state index >= 15 is 0 Å². The lowest BCUT2D eigenvalue weighted by molar-refractivity contribution is 0.148.